The van der Waals surface area contributed by atoms with Crippen LogP contribution in [-0.4, -0.2) is 26.4 Å². The number of nitrogens with zero attached hydrogens (tertiary/aromatic N) is 2. The second-order valence-electron chi connectivity index (χ2n) is 2.99. The van der Waals surface area contributed by atoms with Gasteiger partial charge < -0.3 is 10.8 Å². The quantitative estimate of drug-likeness (QED) is 0.653. The lowest BCUT2D eigenvalue weighted by molar-refractivity contribution is -0.136. The molecule has 0 bridgehead atoms. The molecule has 0 aliphatic heterocycles. The first-order chi connectivity index (χ1) is 5.92. The Balaban J connectivity index is 2.74. The van der Waals surface area contributed by atoms with Gasteiger partial charge in [0.2, 0.25) is 0 Å². The van der Waals surface area contributed by atoms with Crippen molar-refractivity contribution < 1.29 is 14.3 Å². The topological polar surface area (TPSA) is 81.1 Å². The van der Waals surface area contributed by atoms with E-state index in [0.717, 1.165) is 17.1 Å². The molecule has 13 heavy (non-hydrogen) atoms. The fourth-order valence-electron chi connectivity index (χ4n) is 0.818. The van der Waals surface area contributed by atoms with Crippen molar-refractivity contribution in [1.82, 2.24) is 9.78 Å². The molecule has 0 aliphatic carbocycles. The minimum atomic E-state index is -1.71. The summed E-state index contributed by atoms with van der Waals surface area (Å²) in [6.45, 7) is 1.08. The summed E-state index contributed by atoms with van der Waals surface area (Å²) in [7, 11) is 0. The van der Waals surface area contributed by atoms with Crippen LogP contribution in [0.3, 0.4) is 0 Å². The maximum Gasteiger partial charge on any atom is 0.251 e. The predicted octanol–water partition coefficient (Wildman–Crippen LogP) is -0.742. The van der Waals surface area contributed by atoms with Gasteiger partial charge in [0, 0.05) is 0 Å². The van der Waals surface area contributed by atoms with Crippen molar-refractivity contribution in [2.24, 2.45) is 5.73 Å². The first-order valence-electron chi connectivity index (χ1n) is 3.62. The number of hydrogen-bond acceptors (Lipinski definition) is 3. The van der Waals surface area contributed by atoms with Crippen LogP contribution >= 0.6 is 0 Å². The Morgan fingerprint density at radius 1 is 1.92 bits per heavy atom. The van der Waals surface area contributed by atoms with Crippen molar-refractivity contribution in [3.8, 4) is 0 Å². The van der Waals surface area contributed by atoms with Crippen LogP contribution in [0, 0.1) is 5.82 Å². The summed E-state index contributed by atoms with van der Waals surface area (Å²) in [5, 5.41) is 13.0. The molecule has 6 heteroatoms. The normalized spacial score (nSPS) is 15.3. The summed E-state index contributed by atoms with van der Waals surface area (Å²) >= 11 is 0. The number of halogens is 1. The SMILES string of the molecule is CC(O)(Cn1cc(F)cn1)C(N)=O. The smallest absolute Gasteiger partial charge is 0.251 e. The molecule has 0 aliphatic rings. The zero-order valence-electron chi connectivity index (χ0n) is 7.07. The van der Waals surface area contributed by atoms with Gasteiger partial charge in [-0.3, -0.25) is 9.48 Å². The molecule has 0 fully saturated rings. The molecule has 1 unspecified atom stereocenters. The van der Waals surface area contributed by atoms with E-state index in [0.29, 0.717) is 0 Å². The van der Waals surface area contributed by atoms with Crippen LogP contribution in [0.15, 0.2) is 12.4 Å². The van der Waals surface area contributed by atoms with E-state index in [2.05, 4.69) is 5.10 Å². The summed E-state index contributed by atoms with van der Waals surface area (Å²) in [6.07, 6.45) is 2.05. The summed E-state index contributed by atoms with van der Waals surface area (Å²) in [4.78, 5) is 10.7. The van der Waals surface area contributed by atoms with Gasteiger partial charge in [-0.25, -0.2) is 4.39 Å². The molecule has 1 aromatic heterocycles. The van der Waals surface area contributed by atoms with E-state index in [-0.39, 0.29) is 6.54 Å². The number of aromatic nitrogens is 2. The van der Waals surface area contributed by atoms with Crippen molar-refractivity contribution in [2.75, 3.05) is 0 Å². The maximum atomic E-state index is 12.4. The summed E-state index contributed by atoms with van der Waals surface area (Å²) in [5.41, 5.74) is 3.19. The zero-order valence-corrected chi connectivity index (χ0v) is 7.07. The van der Waals surface area contributed by atoms with E-state index in [1.54, 1.807) is 0 Å². The van der Waals surface area contributed by atoms with Gasteiger partial charge in [0.25, 0.3) is 5.91 Å². The monoisotopic (exact) mass is 187 g/mol. The second kappa shape index (κ2) is 3.14. The molecule has 0 aromatic carbocycles. The Bertz CT molecular complexity index is 321. The van der Waals surface area contributed by atoms with E-state index in [9.17, 15) is 14.3 Å². The molecule has 72 valence electrons. The standard InChI is InChI=1S/C7H10FN3O2/c1-7(13,6(9)12)4-11-3-5(8)2-10-11/h2-3,13H,4H2,1H3,(H2,9,12). The third-order valence-corrected chi connectivity index (χ3v) is 1.60. The van der Waals surface area contributed by atoms with Gasteiger partial charge in [-0.15, -0.1) is 0 Å². The molecule has 1 rings (SSSR count). The molecule has 1 atom stereocenters. The molecule has 5 nitrogen and oxygen atoms in total. The molecule has 0 radical (unpaired) electrons. The van der Waals surface area contributed by atoms with E-state index in [1.165, 1.54) is 6.92 Å². The van der Waals surface area contributed by atoms with Gasteiger partial charge in [0.05, 0.1) is 18.9 Å². The molecular formula is C7H10FN3O2. The van der Waals surface area contributed by atoms with E-state index < -0.39 is 17.3 Å². The molecular weight excluding hydrogens is 177 g/mol. The second-order valence-corrected chi connectivity index (χ2v) is 2.99. The minimum absolute atomic E-state index is 0.160. The maximum absolute atomic E-state index is 12.4. The van der Waals surface area contributed by atoms with Crippen LogP contribution in [0.1, 0.15) is 6.92 Å². The molecule has 3 N–H and O–H groups in total. The number of nitrogens with two attached hydrogens (primary N) is 1. The van der Waals surface area contributed by atoms with Gasteiger partial charge in [0.15, 0.2) is 11.4 Å². The van der Waals surface area contributed by atoms with E-state index in [4.69, 9.17) is 5.73 Å². The van der Waals surface area contributed by atoms with Crippen molar-refractivity contribution in [3.05, 3.63) is 18.2 Å². The fourth-order valence-corrected chi connectivity index (χ4v) is 0.818. The van der Waals surface area contributed by atoms with Gasteiger partial charge >= 0.3 is 0 Å². The summed E-state index contributed by atoms with van der Waals surface area (Å²) < 4.78 is 13.5. The fraction of sp³-hybridized carbons (Fsp3) is 0.429. The molecule has 0 saturated heterocycles. The summed E-state index contributed by atoms with van der Waals surface area (Å²) in [5.74, 6) is -1.40. The third kappa shape index (κ3) is 2.25. The highest BCUT2D eigenvalue weighted by Crippen LogP contribution is 2.06. The van der Waals surface area contributed by atoms with Gasteiger partial charge in [-0.1, -0.05) is 0 Å². The highest BCUT2D eigenvalue weighted by molar-refractivity contribution is 5.82. The predicted molar refractivity (Wildman–Crippen MR) is 42.0 cm³/mol. The van der Waals surface area contributed by atoms with Crippen LogP contribution in [-0.2, 0) is 11.3 Å². The van der Waals surface area contributed by atoms with Crippen LogP contribution in [0.5, 0.6) is 0 Å². The Labute approximate surface area is 74.0 Å². The van der Waals surface area contributed by atoms with Gasteiger partial charge in [-0.05, 0) is 6.92 Å². The summed E-state index contributed by atoms with van der Waals surface area (Å²) in [6, 6.07) is 0. The van der Waals surface area contributed by atoms with Crippen molar-refractivity contribution >= 4 is 5.91 Å². The third-order valence-electron chi connectivity index (χ3n) is 1.60. The average Bonchev–Trinajstić information content (AvgIpc) is 2.34. The average molecular weight is 187 g/mol. The largest absolute Gasteiger partial charge is 0.378 e. The minimum Gasteiger partial charge on any atom is -0.378 e. The Kier molecular flexibility index (Phi) is 2.33. The first-order valence-corrected chi connectivity index (χ1v) is 3.62. The Hall–Kier alpha value is -1.43. The highest BCUT2D eigenvalue weighted by Gasteiger charge is 2.28. The number of amides is 1. The number of rotatable bonds is 3. The Morgan fingerprint density at radius 2 is 2.54 bits per heavy atom. The first kappa shape index (κ1) is 9.66. The number of primary amides is 1. The van der Waals surface area contributed by atoms with Crippen molar-refractivity contribution in [2.45, 2.75) is 19.1 Å². The Morgan fingerprint density at radius 3 is 2.92 bits per heavy atom. The highest BCUT2D eigenvalue weighted by atomic mass is 19.1. The van der Waals surface area contributed by atoms with Gasteiger partial charge in [0.1, 0.15) is 0 Å². The van der Waals surface area contributed by atoms with Crippen LogP contribution < -0.4 is 5.73 Å². The lowest BCUT2D eigenvalue weighted by atomic mass is 10.1. The zero-order chi connectivity index (χ0) is 10.1. The molecule has 1 amide bonds. The molecule has 0 spiro atoms. The lowest BCUT2D eigenvalue weighted by Gasteiger charge is -2.18. The number of hydrogen-bond donors (Lipinski definition) is 2. The van der Waals surface area contributed by atoms with Crippen LogP contribution in [0.2, 0.25) is 0 Å². The van der Waals surface area contributed by atoms with Gasteiger partial charge in [-0.2, -0.15) is 5.10 Å². The molecule has 1 heterocycles. The van der Waals surface area contributed by atoms with Crippen LogP contribution in [0.25, 0.3) is 0 Å². The van der Waals surface area contributed by atoms with Crippen LogP contribution in [0.4, 0.5) is 4.39 Å². The van der Waals surface area contributed by atoms with E-state index in [1.807, 2.05) is 0 Å². The number of aliphatic hydroxyl groups is 1. The molecule has 0 saturated carbocycles. The number of carbonyl (C=O) groups is 1. The number of carbonyl (C=O) groups excluding carboxylic acids is 1. The molecule has 1 aromatic rings. The van der Waals surface area contributed by atoms with Crippen molar-refractivity contribution in [1.29, 1.82) is 0 Å². The van der Waals surface area contributed by atoms with Crippen molar-refractivity contribution in [3.63, 3.8) is 0 Å². The van der Waals surface area contributed by atoms with E-state index >= 15 is 0 Å². The lowest BCUT2D eigenvalue weighted by Crippen LogP contribution is -2.44.